The minimum Gasteiger partial charge on any atom is -0.487 e. The highest BCUT2D eigenvalue weighted by atomic mass is 32.2. The largest absolute Gasteiger partial charge is 0.487 e. The lowest BCUT2D eigenvalue weighted by molar-refractivity contribution is 0.0812. The molecule has 1 aromatic carbocycles. The van der Waals surface area contributed by atoms with Gasteiger partial charge in [-0.25, -0.2) is 13.2 Å². The quantitative estimate of drug-likeness (QED) is 0.661. The summed E-state index contributed by atoms with van der Waals surface area (Å²) in [4.78, 5) is 14.0. The van der Waals surface area contributed by atoms with E-state index >= 15 is 0 Å². The Balaban J connectivity index is 2.47. The van der Waals surface area contributed by atoms with Crippen LogP contribution in [-0.4, -0.2) is 74.2 Å². The summed E-state index contributed by atoms with van der Waals surface area (Å²) in [6, 6.07) is 4.19. The molecule has 3 atom stereocenters. The third-order valence-corrected chi connectivity index (χ3v) is 7.40. The highest BCUT2D eigenvalue weighted by Gasteiger charge is 2.38. The van der Waals surface area contributed by atoms with E-state index in [2.05, 4.69) is 5.32 Å². The minimum atomic E-state index is -3.87. The fourth-order valence-electron chi connectivity index (χ4n) is 3.48. The third-order valence-electron chi connectivity index (χ3n) is 5.38. The SMILES string of the molecule is C/C=C/c1ccc2c(c1)O[C@H](CN(C)C(=O)NCCC)[C@H](C)CN([C@H](C)CO)S2(=O)=O. The van der Waals surface area contributed by atoms with E-state index < -0.39 is 22.2 Å². The van der Waals surface area contributed by atoms with Crippen LogP contribution in [0.3, 0.4) is 0 Å². The molecule has 1 aliphatic rings. The fraction of sp³-hybridized carbons (Fsp3) is 0.591. The molecule has 2 N–H and O–H groups in total. The van der Waals surface area contributed by atoms with Crippen LogP contribution >= 0.6 is 0 Å². The van der Waals surface area contributed by atoms with Gasteiger partial charge in [-0.3, -0.25) is 0 Å². The second-order valence-electron chi connectivity index (χ2n) is 8.06. The molecule has 0 unspecified atom stereocenters. The van der Waals surface area contributed by atoms with E-state index in [1.807, 2.05) is 32.9 Å². The molecule has 0 saturated carbocycles. The Bertz CT molecular complexity index is 887. The Hall–Kier alpha value is -2.10. The standard InChI is InChI=1S/C22H35N3O5S/c1-6-8-18-9-10-21-19(12-18)30-20(14-24(5)22(27)23-11-7-2)16(3)13-25(17(4)15-26)31(21,28)29/h6,8-10,12,16-17,20,26H,7,11,13-15H2,1-5H3,(H,23,27)/b8-6+/t16-,17-,20-/m1/s1. The van der Waals surface area contributed by atoms with Gasteiger partial charge in [-0.15, -0.1) is 0 Å². The molecule has 9 heteroatoms. The normalized spacial score (nSPS) is 22.1. The number of carbonyl (C=O) groups is 1. The molecule has 0 aromatic heterocycles. The summed E-state index contributed by atoms with van der Waals surface area (Å²) in [5.41, 5.74) is 0.819. The Kier molecular flexibility index (Phi) is 8.90. The molecule has 1 heterocycles. The second kappa shape index (κ2) is 11.0. The van der Waals surface area contributed by atoms with E-state index in [0.717, 1.165) is 12.0 Å². The first kappa shape index (κ1) is 25.2. The zero-order chi connectivity index (χ0) is 23.2. The maximum Gasteiger partial charge on any atom is 0.317 e. The van der Waals surface area contributed by atoms with Crippen LogP contribution in [0, 0.1) is 5.92 Å². The van der Waals surface area contributed by atoms with Crippen LogP contribution in [-0.2, 0) is 10.0 Å². The second-order valence-corrected chi connectivity index (χ2v) is 9.92. The van der Waals surface area contributed by atoms with E-state index in [-0.39, 0.29) is 35.7 Å². The van der Waals surface area contributed by atoms with Gasteiger partial charge in [-0.1, -0.05) is 32.1 Å². The number of fused-ring (bicyclic) bond motifs is 1. The third kappa shape index (κ3) is 5.99. The first-order chi connectivity index (χ1) is 14.6. The van der Waals surface area contributed by atoms with E-state index in [1.54, 1.807) is 37.1 Å². The molecule has 0 saturated heterocycles. The number of benzene rings is 1. The Morgan fingerprint density at radius 1 is 1.45 bits per heavy atom. The molecule has 31 heavy (non-hydrogen) atoms. The molecule has 0 aliphatic carbocycles. The van der Waals surface area contributed by atoms with Gasteiger partial charge >= 0.3 is 6.03 Å². The van der Waals surface area contributed by atoms with Crippen molar-refractivity contribution in [2.45, 2.75) is 51.2 Å². The number of ether oxygens (including phenoxy) is 1. The topological polar surface area (TPSA) is 99.2 Å². The van der Waals surface area contributed by atoms with Crippen LogP contribution in [0.5, 0.6) is 5.75 Å². The van der Waals surface area contributed by atoms with Crippen LogP contribution in [0.2, 0.25) is 0 Å². The van der Waals surface area contributed by atoms with Crippen molar-refractivity contribution in [2.24, 2.45) is 5.92 Å². The van der Waals surface area contributed by atoms with Gasteiger partial charge in [0.1, 0.15) is 16.7 Å². The van der Waals surface area contributed by atoms with Crippen molar-refractivity contribution in [3.63, 3.8) is 0 Å². The summed E-state index contributed by atoms with van der Waals surface area (Å²) >= 11 is 0. The smallest absolute Gasteiger partial charge is 0.317 e. The maximum atomic E-state index is 13.4. The van der Waals surface area contributed by atoms with E-state index in [1.165, 1.54) is 4.31 Å². The Morgan fingerprint density at radius 2 is 2.16 bits per heavy atom. The molecule has 1 aromatic rings. The molecule has 8 nitrogen and oxygen atoms in total. The molecule has 174 valence electrons. The van der Waals surface area contributed by atoms with Gasteiger partial charge in [0.25, 0.3) is 0 Å². The highest BCUT2D eigenvalue weighted by Crippen LogP contribution is 2.34. The van der Waals surface area contributed by atoms with Crippen molar-refractivity contribution in [3.8, 4) is 5.75 Å². The number of nitrogens with one attached hydrogen (secondary N) is 1. The van der Waals surface area contributed by atoms with Gasteiger partial charge < -0.3 is 20.1 Å². The Morgan fingerprint density at radius 3 is 2.77 bits per heavy atom. The molecule has 0 bridgehead atoms. The number of aliphatic hydroxyl groups is 1. The molecular formula is C22H35N3O5S. The average molecular weight is 454 g/mol. The highest BCUT2D eigenvalue weighted by molar-refractivity contribution is 7.89. The number of carbonyl (C=O) groups excluding carboxylic acids is 1. The van der Waals surface area contributed by atoms with Crippen molar-refractivity contribution >= 4 is 22.1 Å². The van der Waals surface area contributed by atoms with Gasteiger partial charge in [0.15, 0.2) is 0 Å². The number of urea groups is 1. The van der Waals surface area contributed by atoms with Gasteiger partial charge in [0, 0.05) is 32.1 Å². The Labute approximate surface area is 185 Å². The summed E-state index contributed by atoms with van der Waals surface area (Å²) in [6.07, 6.45) is 4.14. The number of allylic oxidation sites excluding steroid dienone is 1. The number of aliphatic hydroxyl groups excluding tert-OH is 1. The van der Waals surface area contributed by atoms with Crippen molar-refractivity contribution in [3.05, 3.63) is 29.8 Å². The molecule has 1 aliphatic heterocycles. The lowest BCUT2D eigenvalue weighted by Crippen LogP contribution is -2.51. The lowest BCUT2D eigenvalue weighted by atomic mass is 10.0. The van der Waals surface area contributed by atoms with Crippen molar-refractivity contribution in [2.75, 3.05) is 33.3 Å². The van der Waals surface area contributed by atoms with Crippen LogP contribution in [0.15, 0.2) is 29.2 Å². The van der Waals surface area contributed by atoms with Gasteiger partial charge in [-0.05, 0) is 38.0 Å². The zero-order valence-corrected chi connectivity index (χ0v) is 19.9. The monoisotopic (exact) mass is 453 g/mol. The van der Waals surface area contributed by atoms with Gasteiger partial charge in [0.05, 0.1) is 13.2 Å². The molecular weight excluding hydrogens is 418 g/mol. The number of amides is 2. The predicted molar refractivity (Wildman–Crippen MR) is 121 cm³/mol. The van der Waals surface area contributed by atoms with Crippen LogP contribution in [0.25, 0.3) is 6.08 Å². The molecule has 2 rings (SSSR count). The predicted octanol–water partition coefficient (Wildman–Crippen LogP) is 2.54. The lowest BCUT2D eigenvalue weighted by Gasteiger charge is -2.37. The first-order valence-corrected chi connectivity index (χ1v) is 12.1. The van der Waals surface area contributed by atoms with Crippen molar-refractivity contribution < 1.29 is 23.1 Å². The summed E-state index contributed by atoms with van der Waals surface area (Å²) in [5.74, 6) is 0.0355. The minimum absolute atomic E-state index is 0.0658. The van der Waals surface area contributed by atoms with Gasteiger partial charge in [-0.2, -0.15) is 4.31 Å². The van der Waals surface area contributed by atoms with E-state index in [0.29, 0.717) is 13.1 Å². The molecule has 0 radical (unpaired) electrons. The maximum absolute atomic E-state index is 13.4. The zero-order valence-electron chi connectivity index (χ0n) is 19.0. The summed E-state index contributed by atoms with van der Waals surface area (Å²) in [7, 11) is -2.17. The summed E-state index contributed by atoms with van der Waals surface area (Å²) in [5, 5.41) is 12.5. The number of likely N-dealkylation sites (N-methyl/N-ethyl adjacent to an activating group) is 1. The molecule has 0 fully saturated rings. The van der Waals surface area contributed by atoms with Crippen LogP contribution in [0.4, 0.5) is 4.79 Å². The van der Waals surface area contributed by atoms with E-state index in [4.69, 9.17) is 4.74 Å². The average Bonchev–Trinajstić information content (AvgIpc) is 2.73. The number of rotatable bonds is 7. The summed E-state index contributed by atoms with van der Waals surface area (Å²) in [6.45, 7) is 8.21. The number of nitrogens with zero attached hydrogens (tertiary/aromatic N) is 2. The van der Waals surface area contributed by atoms with Crippen molar-refractivity contribution in [1.29, 1.82) is 0 Å². The number of sulfonamides is 1. The summed E-state index contributed by atoms with van der Waals surface area (Å²) < 4.78 is 34.3. The molecule has 0 spiro atoms. The number of hydrogen-bond donors (Lipinski definition) is 2. The number of hydrogen-bond acceptors (Lipinski definition) is 5. The molecule has 2 amide bonds. The van der Waals surface area contributed by atoms with Crippen LogP contribution in [0.1, 0.15) is 39.7 Å². The first-order valence-electron chi connectivity index (χ1n) is 10.7. The fourth-order valence-corrected chi connectivity index (χ4v) is 5.30. The van der Waals surface area contributed by atoms with Crippen molar-refractivity contribution in [1.82, 2.24) is 14.5 Å². The van der Waals surface area contributed by atoms with E-state index in [9.17, 15) is 18.3 Å². The van der Waals surface area contributed by atoms with Crippen LogP contribution < -0.4 is 10.1 Å². The van der Waals surface area contributed by atoms with Gasteiger partial charge in [0.2, 0.25) is 10.0 Å².